The van der Waals surface area contributed by atoms with Crippen molar-refractivity contribution in [1.82, 2.24) is 10.3 Å². The lowest BCUT2D eigenvalue weighted by Crippen LogP contribution is -2.38. The molecule has 0 radical (unpaired) electrons. The SMILES string of the molecule is Cc1cccc(CN=C2NC(C)CC(C)S2)n1. The third-order valence-electron chi connectivity index (χ3n) is 2.70. The highest BCUT2D eigenvalue weighted by Crippen LogP contribution is 2.22. The fourth-order valence-electron chi connectivity index (χ4n) is 1.96. The quantitative estimate of drug-likeness (QED) is 0.875. The van der Waals surface area contributed by atoms with Gasteiger partial charge in [0.25, 0.3) is 0 Å². The third kappa shape index (κ3) is 3.73. The Morgan fingerprint density at radius 3 is 3.00 bits per heavy atom. The van der Waals surface area contributed by atoms with Gasteiger partial charge in [-0.25, -0.2) is 0 Å². The molecule has 0 amide bonds. The lowest BCUT2D eigenvalue weighted by atomic mass is 10.2. The first-order chi connectivity index (χ1) is 8.13. The van der Waals surface area contributed by atoms with Crippen LogP contribution in [0.1, 0.15) is 31.7 Å². The summed E-state index contributed by atoms with van der Waals surface area (Å²) in [7, 11) is 0. The molecule has 0 aromatic carbocycles. The van der Waals surface area contributed by atoms with E-state index in [1.165, 1.54) is 6.42 Å². The van der Waals surface area contributed by atoms with Crippen molar-refractivity contribution in [2.75, 3.05) is 0 Å². The number of hydrogen-bond donors (Lipinski definition) is 1. The van der Waals surface area contributed by atoms with Crippen LogP contribution >= 0.6 is 11.8 Å². The molecule has 2 rings (SSSR count). The average Bonchev–Trinajstić information content (AvgIpc) is 2.25. The minimum Gasteiger partial charge on any atom is -0.362 e. The summed E-state index contributed by atoms with van der Waals surface area (Å²) in [6, 6.07) is 6.59. The first-order valence-electron chi connectivity index (χ1n) is 6.03. The van der Waals surface area contributed by atoms with E-state index in [-0.39, 0.29) is 0 Å². The summed E-state index contributed by atoms with van der Waals surface area (Å²) in [4.78, 5) is 9.05. The van der Waals surface area contributed by atoms with Crippen LogP contribution in [0.3, 0.4) is 0 Å². The maximum absolute atomic E-state index is 4.60. The highest BCUT2D eigenvalue weighted by atomic mass is 32.2. The minimum absolute atomic E-state index is 0.524. The molecule has 1 aliphatic rings. The molecule has 2 unspecified atom stereocenters. The summed E-state index contributed by atoms with van der Waals surface area (Å²) in [5.74, 6) is 0. The molecule has 1 fully saturated rings. The fraction of sp³-hybridized carbons (Fsp3) is 0.538. The summed E-state index contributed by atoms with van der Waals surface area (Å²) >= 11 is 1.82. The molecule has 0 spiro atoms. The van der Waals surface area contributed by atoms with E-state index in [1.54, 1.807) is 0 Å². The smallest absolute Gasteiger partial charge is 0.157 e. The second-order valence-corrected chi connectivity index (χ2v) is 6.03. The van der Waals surface area contributed by atoms with Gasteiger partial charge in [-0.3, -0.25) is 9.98 Å². The third-order valence-corrected chi connectivity index (χ3v) is 3.76. The standard InChI is InChI=1S/C13H19N3S/c1-9-5-4-6-12(15-9)8-14-13-16-10(2)7-11(3)17-13/h4-6,10-11H,7-8H2,1-3H3,(H,14,16). The molecular formula is C13H19N3S. The lowest BCUT2D eigenvalue weighted by molar-refractivity contribution is 0.597. The van der Waals surface area contributed by atoms with Crippen LogP contribution in [0.5, 0.6) is 0 Å². The van der Waals surface area contributed by atoms with E-state index in [4.69, 9.17) is 0 Å². The Morgan fingerprint density at radius 2 is 2.29 bits per heavy atom. The molecule has 1 aromatic rings. The normalized spacial score (nSPS) is 26.9. The summed E-state index contributed by atoms with van der Waals surface area (Å²) in [6.45, 7) is 7.13. The minimum atomic E-state index is 0.524. The molecule has 0 bridgehead atoms. The Labute approximate surface area is 107 Å². The summed E-state index contributed by atoms with van der Waals surface area (Å²) in [5.41, 5.74) is 2.08. The van der Waals surface area contributed by atoms with Gasteiger partial charge in [-0.05, 0) is 32.4 Å². The number of aliphatic imine (C=N–C) groups is 1. The van der Waals surface area contributed by atoms with Gasteiger partial charge in [-0.1, -0.05) is 24.8 Å². The average molecular weight is 249 g/mol. The maximum Gasteiger partial charge on any atom is 0.157 e. The molecule has 1 aromatic heterocycles. The van der Waals surface area contributed by atoms with Gasteiger partial charge in [-0.2, -0.15) is 0 Å². The van der Waals surface area contributed by atoms with Crippen LogP contribution in [-0.4, -0.2) is 21.4 Å². The second kappa shape index (κ2) is 5.54. The number of hydrogen-bond acceptors (Lipinski definition) is 3. The number of nitrogens with one attached hydrogen (secondary N) is 1. The number of rotatable bonds is 2. The maximum atomic E-state index is 4.60. The predicted molar refractivity (Wildman–Crippen MR) is 74.4 cm³/mol. The molecule has 1 saturated heterocycles. The van der Waals surface area contributed by atoms with Gasteiger partial charge < -0.3 is 5.32 Å². The van der Waals surface area contributed by atoms with Gasteiger partial charge in [0.05, 0.1) is 12.2 Å². The molecule has 2 heterocycles. The van der Waals surface area contributed by atoms with E-state index < -0.39 is 0 Å². The van der Waals surface area contributed by atoms with Gasteiger partial charge >= 0.3 is 0 Å². The molecule has 2 atom stereocenters. The van der Waals surface area contributed by atoms with Crippen molar-refractivity contribution < 1.29 is 0 Å². The van der Waals surface area contributed by atoms with Crippen LogP contribution in [0.4, 0.5) is 0 Å². The second-order valence-electron chi connectivity index (χ2n) is 4.60. The molecule has 1 N–H and O–H groups in total. The zero-order valence-electron chi connectivity index (χ0n) is 10.6. The molecular weight excluding hydrogens is 230 g/mol. The van der Waals surface area contributed by atoms with Crippen LogP contribution in [-0.2, 0) is 6.54 Å². The Balaban J connectivity index is 2.00. The van der Waals surface area contributed by atoms with E-state index in [0.717, 1.165) is 16.6 Å². The predicted octanol–water partition coefficient (Wildman–Crippen LogP) is 2.75. The zero-order chi connectivity index (χ0) is 12.3. The van der Waals surface area contributed by atoms with Crippen molar-refractivity contribution in [3.63, 3.8) is 0 Å². The Hall–Kier alpha value is -1.03. The largest absolute Gasteiger partial charge is 0.362 e. The van der Waals surface area contributed by atoms with Crippen molar-refractivity contribution in [3.05, 3.63) is 29.6 Å². The topological polar surface area (TPSA) is 37.3 Å². The van der Waals surface area contributed by atoms with Crippen LogP contribution in [0.2, 0.25) is 0 Å². The molecule has 1 aliphatic heterocycles. The van der Waals surface area contributed by atoms with Crippen LogP contribution < -0.4 is 5.32 Å². The van der Waals surface area contributed by atoms with Crippen LogP contribution in [0.25, 0.3) is 0 Å². The van der Waals surface area contributed by atoms with Crippen LogP contribution in [0, 0.1) is 6.92 Å². The Bertz CT molecular complexity index is 405. The number of pyridine rings is 1. The van der Waals surface area contributed by atoms with Gasteiger partial charge in [0.15, 0.2) is 5.17 Å². The molecule has 0 aliphatic carbocycles. The highest BCUT2D eigenvalue weighted by Gasteiger charge is 2.19. The lowest BCUT2D eigenvalue weighted by Gasteiger charge is -2.26. The van der Waals surface area contributed by atoms with Gasteiger partial charge in [0, 0.05) is 17.0 Å². The first kappa shape index (κ1) is 12.4. The molecule has 92 valence electrons. The number of aromatic nitrogens is 1. The first-order valence-corrected chi connectivity index (χ1v) is 6.91. The van der Waals surface area contributed by atoms with Gasteiger partial charge in [0.2, 0.25) is 0 Å². The molecule has 17 heavy (non-hydrogen) atoms. The van der Waals surface area contributed by atoms with E-state index >= 15 is 0 Å². The van der Waals surface area contributed by atoms with Gasteiger partial charge in [-0.15, -0.1) is 0 Å². The van der Waals surface area contributed by atoms with Crippen molar-refractivity contribution in [3.8, 4) is 0 Å². The van der Waals surface area contributed by atoms with E-state index in [2.05, 4.69) is 29.1 Å². The van der Waals surface area contributed by atoms with E-state index in [1.807, 2.05) is 36.9 Å². The molecule has 4 heteroatoms. The Morgan fingerprint density at radius 1 is 1.47 bits per heavy atom. The zero-order valence-corrected chi connectivity index (χ0v) is 11.4. The molecule has 0 saturated carbocycles. The number of amidine groups is 1. The summed E-state index contributed by atoms with van der Waals surface area (Å²) in [5, 5.41) is 5.12. The van der Waals surface area contributed by atoms with E-state index in [9.17, 15) is 0 Å². The fourth-order valence-corrected chi connectivity index (χ4v) is 3.14. The van der Waals surface area contributed by atoms with Crippen molar-refractivity contribution in [1.29, 1.82) is 0 Å². The van der Waals surface area contributed by atoms with Crippen molar-refractivity contribution in [2.24, 2.45) is 4.99 Å². The number of thioether (sulfide) groups is 1. The van der Waals surface area contributed by atoms with E-state index in [0.29, 0.717) is 17.8 Å². The van der Waals surface area contributed by atoms with Crippen molar-refractivity contribution in [2.45, 2.75) is 45.0 Å². The highest BCUT2D eigenvalue weighted by molar-refractivity contribution is 8.14. The Kier molecular flexibility index (Phi) is 4.05. The summed E-state index contributed by atoms with van der Waals surface area (Å²) < 4.78 is 0. The van der Waals surface area contributed by atoms with Crippen LogP contribution in [0.15, 0.2) is 23.2 Å². The number of aryl methyl sites for hydroxylation is 1. The van der Waals surface area contributed by atoms with Gasteiger partial charge in [0.1, 0.15) is 0 Å². The summed E-state index contributed by atoms with van der Waals surface area (Å²) in [6.07, 6.45) is 1.20. The monoisotopic (exact) mass is 249 g/mol. The van der Waals surface area contributed by atoms with Crippen molar-refractivity contribution >= 4 is 16.9 Å². The molecule has 3 nitrogen and oxygen atoms in total. The number of nitrogens with zero attached hydrogens (tertiary/aromatic N) is 2.